The Bertz CT molecular complexity index is 403. The fourth-order valence-electron chi connectivity index (χ4n) is 1.84. The standard InChI is InChI=1S/C13H19N3O/c1-10-4-2-5-11(8-10)12(17)9-16-13-14-6-3-7-15-13/h2,4-5,8,12,17H,3,6-7,9H2,1H3,(H2,14,15,16). The van der Waals surface area contributed by atoms with Gasteiger partial charge in [0.15, 0.2) is 5.96 Å². The number of nitrogens with one attached hydrogen (secondary N) is 2. The molecule has 1 heterocycles. The van der Waals surface area contributed by atoms with E-state index in [-0.39, 0.29) is 0 Å². The number of aliphatic imine (C=N–C) groups is 1. The van der Waals surface area contributed by atoms with Crippen LogP contribution in [0.5, 0.6) is 0 Å². The Morgan fingerprint density at radius 2 is 2.41 bits per heavy atom. The van der Waals surface area contributed by atoms with E-state index in [1.165, 1.54) is 0 Å². The van der Waals surface area contributed by atoms with Gasteiger partial charge < -0.3 is 15.7 Å². The normalized spacial score (nSPS) is 16.9. The van der Waals surface area contributed by atoms with Crippen LogP contribution in [0.25, 0.3) is 0 Å². The Labute approximate surface area is 102 Å². The third-order valence-electron chi connectivity index (χ3n) is 2.79. The largest absolute Gasteiger partial charge is 0.387 e. The average molecular weight is 233 g/mol. The van der Waals surface area contributed by atoms with E-state index < -0.39 is 6.10 Å². The van der Waals surface area contributed by atoms with Crippen molar-refractivity contribution >= 4 is 5.96 Å². The molecule has 0 fully saturated rings. The highest BCUT2D eigenvalue weighted by Gasteiger charge is 2.09. The lowest BCUT2D eigenvalue weighted by Gasteiger charge is -2.18. The number of aryl methyl sites for hydroxylation is 1. The molecular formula is C13H19N3O. The van der Waals surface area contributed by atoms with Gasteiger partial charge >= 0.3 is 0 Å². The average Bonchev–Trinajstić information content (AvgIpc) is 2.37. The van der Waals surface area contributed by atoms with Crippen LogP contribution in [0.1, 0.15) is 23.7 Å². The summed E-state index contributed by atoms with van der Waals surface area (Å²) in [5.41, 5.74) is 2.10. The Morgan fingerprint density at radius 1 is 1.53 bits per heavy atom. The van der Waals surface area contributed by atoms with Crippen molar-refractivity contribution in [2.75, 3.05) is 19.6 Å². The van der Waals surface area contributed by atoms with Crippen molar-refractivity contribution in [2.45, 2.75) is 19.4 Å². The lowest BCUT2D eigenvalue weighted by molar-refractivity contribution is 0.180. The molecule has 4 heteroatoms. The van der Waals surface area contributed by atoms with E-state index in [0.29, 0.717) is 6.54 Å². The fraction of sp³-hybridized carbons (Fsp3) is 0.462. The summed E-state index contributed by atoms with van der Waals surface area (Å²) in [6.07, 6.45) is 0.576. The Balaban J connectivity index is 1.88. The van der Waals surface area contributed by atoms with Crippen LogP contribution in [-0.2, 0) is 0 Å². The summed E-state index contributed by atoms with van der Waals surface area (Å²) in [5, 5.41) is 16.3. The Morgan fingerprint density at radius 3 is 3.12 bits per heavy atom. The molecule has 1 aromatic carbocycles. The van der Waals surface area contributed by atoms with Gasteiger partial charge in [0.05, 0.1) is 6.10 Å². The summed E-state index contributed by atoms with van der Waals surface area (Å²) in [5.74, 6) is 0.794. The zero-order valence-corrected chi connectivity index (χ0v) is 10.1. The topological polar surface area (TPSA) is 56.6 Å². The number of benzene rings is 1. The van der Waals surface area contributed by atoms with Gasteiger partial charge in [0.25, 0.3) is 0 Å². The minimum atomic E-state index is -0.499. The number of hydrogen-bond acceptors (Lipinski definition) is 4. The highest BCUT2D eigenvalue weighted by atomic mass is 16.3. The van der Waals surface area contributed by atoms with E-state index in [9.17, 15) is 5.11 Å². The molecule has 1 atom stereocenters. The van der Waals surface area contributed by atoms with Crippen LogP contribution in [0.2, 0.25) is 0 Å². The molecule has 2 rings (SSSR count). The number of nitrogens with zero attached hydrogens (tertiary/aromatic N) is 1. The van der Waals surface area contributed by atoms with Crippen molar-refractivity contribution in [1.29, 1.82) is 0 Å². The molecular weight excluding hydrogens is 214 g/mol. The molecule has 92 valence electrons. The predicted molar refractivity (Wildman–Crippen MR) is 69.1 cm³/mol. The van der Waals surface area contributed by atoms with Gasteiger partial charge in [0, 0.05) is 19.6 Å². The van der Waals surface area contributed by atoms with Gasteiger partial charge in [0.2, 0.25) is 0 Å². The summed E-state index contributed by atoms with van der Waals surface area (Å²) in [6, 6.07) is 7.93. The maximum absolute atomic E-state index is 10.0. The summed E-state index contributed by atoms with van der Waals surface area (Å²) in [4.78, 5) is 4.30. The number of aliphatic hydroxyl groups excluding tert-OH is 1. The lowest BCUT2D eigenvalue weighted by atomic mass is 10.1. The summed E-state index contributed by atoms with van der Waals surface area (Å²) in [7, 11) is 0. The summed E-state index contributed by atoms with van der Waals surface area (Å²) >= 11 is 0. The second kappa shape index (κ2) is 5.68. The summed E-state index contributed by atoms with van der Waals surface area (Å²) < 4.78 is 0. The molecule has 0 aromatic heterocycles. The minimum Gasteiger partial charge on any atom is -0.387 e. The van der Waals surface area contributed by atoms with Crippen LogP contribution >= 0.6 is 0 Å². The van der Waals surface area contributed by atoms with Crippen molar-refractivity contribution in [3.63, 3.8) is 0 Å². The Kier molecular flexibility index (Phi) is 3.98. The molecule has 1 aliphatic heterocycles. The van der Waals surface area contributed by atoms with Crippen LogP contribution in [0.15, 0.2) is 29.3 Å². The van der Waals surface area contributed by atoms with Crippen molar-refractivity contribution in [3.8, 4) is 0 Å². The zero-order chi connectivity index (χ0) is 12.1. The molecule has 0 aliphatic carbocycles. The van der Waals surface area contributed by atoms with Crippen LogP contribution in [0, 0.1) is 6.92 Å². The maximum Gasteiger partial charge on any atom is 0.191 e. The molecule has 0 saturated carbocycles. The van der Waals surface area contributed by atoms with Crippen LogP contribution in [0.4, 0.5) is 0 Å². The molecule has 17 heavy (non-hydrogen) atoms. The second-order valence-corrected chi connectivity index (χ2v) is 4.32. The molecule has 1 aromatic rings. The van der Waals surface area contributed by atoms with E-state index in [4.69, 9.17) is 0 Å². The minimum absolute atomic E-state index is 0.481. The molecule has 0 saturated heterocycles. The first kappa shape index (κ1) is 11.9. The van der Waals surface area contributed by atoms with Gasteiger partial charge in [0.1, 0.15) is 0 Å². The second-order valence-electron chi connectivity index (χ2n) is 4.32. The van der Waals surface area contributed by atoms with E-state index in [2.05, 4.69) is 15.6 Å². The van der Waals surface area contributed by atoms with Gasteiger partial charge in [-0.1, -0.05) is 29.8 Å². The van der Waals surface area contributed by atoms with Gasteiger partial charge in [-0.3, -0.25) is 4.99 Å². The van der Waals surface area contributed by atoms with E-state index >= 15 is 0 Å². The highest BCUT2D eigenvalue weighted by molar-refractivity contribution is 5.80. The van der Waals surface area contributed by atoms with E-state index in [1.54, 1.807) is 0 Å². The monoisotopic (exact) mass is 233 g/mol. The highest BCUT2D eigenvalue weighted by Crippen LogP contribution is 2.13. The lowest BCUT2D eigenvalue weighted by Crippen LogP contribution is -2.42. The van der Waals surface area contributed by atoms with E-state index in [0.717, 1.165) is 36.6 Å². The Hall–Kier alpha value is -1.55. The first-order valence-electron chi connectivity index (χ1n) is 6.02. The summed E-state index contributed by atoms with van der Waals surface area (Å²) in [6.45, 7) is 4.31. The number of hydrogen-bond donors (Lipinski definition) is 3. The van der Waals surface area contributed by atoms with Gasteiger partial charge in [-0.2, -0.15) is 0 Å². The molecule has 0 amide bonds. The molecule has 0 bridgehead atoms. The van der Waals surface area contributed by atoms with Crippen LogP contribution in [0.3, 0.4) is 0 Å². The first-order valence-corrected chi connectivity index (χ1v) is 6.02. The van der Waals surface area contributed by atoms with Crippen LogP contribution < -0.4 is 10.6 Å². The SMILES string of the molecule is Cc1cccc(C(O)CNC2=NCCCN2)c1. The van der Waals surface area contributed by atoms with Gasteiger partial charge in [-0.15, -0.1) is 0 Å². The fourth-order valence-corrected chi connectivity index (χ4v) is 1.84. The smallest absolute Gasteiger partial charge is 0.191 e. The molecule has 3 N–H and O–H groups in total. The van der Waals surface area contributed by atoms with E-state index in [1.807, 2.05) is 31.2 Å². The van der Waals surface area contributed by atoms with Crippen LogP contribution in [-0.4, -0.2) is 30.7 Å². The van der Waals surface area contributed by atoms with Gasteiger partial charge in [-0.05, 0) is 18.9 Å². The van der Waals surface area contributed by atoms with Crippen molar-refractivity contribution in [2.24, 2.45) is 4.99 Å². The number of aliphatic hydroxyl groups is 1. The predicted octanol–water partition coefficient (Wildman–Crippen LogP) is 0.967. The quantitative estimate of drug-likeness (QED) is 0.729. The molecule has 1 aliphatic rings. The molecule has 0 spiro atoms. The van der Waals surface area contributed by atoms with Crippen molar-refractivity contribution in [3.05, 3.63) is 35.4 Å². The van der Waals surface area contributed by atoms with Gasteiger partial charge in [-0.25, -0.2) is 0 Å². The van der Waals surface area contributed by atoms with Crippen molar-refractivity contribution < 1.29 is 5.11 Å². The number of rotatable bonds is 3. The zero-order valence-electron chi connectivity index (χ0n) is 10.1. The molecule has 4 nitrogen and oxygen atoms in total. The van der Waals surface area contributed by atoms with Crippen molar-refractivity contribution in [1.82, 2.24) is 10.6 Å². The molecule has 0 radical (unpaired) electrons. The maximum atomic E-state index is 10.0. The number of guanidine groups is 1. The third-order valence-corrected chi connectivity index (χ3v) is 2.79. The third kappa shape index (κ3) is 3.46. The molecule has 1 unspecified atom stereocenters. The first-order chi connectivity index (χ1) is 8.25.